The van der Waals surface area contributed by atoms with Crippen molar-refractivity contribution < 1.29 is 9.84 Å². The summed E-state index contributed by atoms with van der Waals surface area (Å²) in [6.07, 6.45) is 3.20. The molecule has 0 bridgehead atoms. The third-order valence-corrected chi connectivity index (χ3v) is 4.16. The fraction of sp³-hybridized carbons (Fsp3) is 0.625. The van der Waals surface area contributed by atoms with E-state index in [1.807, 2.05) is 12.1 Å². The maximum atomic E-state index is 9.77. The van der Waals surface area contributed by atoms with Gasteiger partial charge in [-0.15, -0.1) is 0 Å². The molecule has 1 aliphatic carbocycles. The molecule has 1 aliphatic rings. The molecular weight excluding hydrogens is 238 g/mol. The third-order valence-electron chi connectivity index (χ3n) is 4.16. The number of nitrogens with one attached hydrogen (secondary N) is 1. The van der Waals surface area contributed by atoms with Gasteiger partial charge in [-0.1, -0.05) is 25.5 Å². The fourth-order valence-electron chi connectivity index (χ4n) is 2.79. The molecule has 2 rings (SSSR count). The van der Waals surface area contributed by atoms with Gasteiger partial charge in [-0.3, -0.25) is 0 Å². The minimum atomic E-state index is -0.0937. The summed E-state index contributed by atoms with van der Waals surface area (Å²) in [6.45, 7) is 4.11. The predicted octanol–water partition coefficient (Wildman–Crippen LogP) is 2.55. The van der Waals surface area contributed by atoms with Crippen LogP contribution in [0.1, 0.15) is 37.7 Å². The van der Waals surface area contributed by atoms with Gasteiger partial charge in [0.05, 0.1) is 13.2 Å². The summed E-state index contributed by atoms with van der Waals surface area (Å²) < 4.78 is 5.17. The second-order valence-corrected chi connectivity index (χ2v) is 5.59. The molecular formula is C16H25NO2. The summed E-state index contributed by atoms with van der Waals surface area (Å²) in [5.74, 6) is 1.82. The Morgan fingerprint density at radius 1 is 1.32 bits per heavy atom. The molecule has 3 nitrogen and oxygen atoms in total. The van der Waals surface area contributed by atoms with Crippen molar-refractivity contribution in [2.24, 2.45) is 5.92 Å². The van der Waals surface area contributed by atoms with Crippen LogP contribution < -0.4 is 10.1 Å². The van der Waals surface area contributed by atoms with E-state index in [1.165, 1.54) is 12.0 Å². The molecule has 0 radical (unpaired) electrons. The normalized spacial score (nSPS) is 24.4. The Bertz CT molecular complexity index is 377. The van der Waals surface area contributed by atoms with Gasteiger partial charge >= 0.3 is 0 Å². The molecule has 1 fully saturated rings. The summed E-state index contributed by atoms with van der Waals surface area (Å²) in [5.41, 5.74) is 1.32. The van der Waals surface area contributed by atoms with Gasteiger partial charge in [0.25, 0.3) is 0 Å². The number of hydrogen-bond acceptors (Lipinski definition) is 3. The van der Waals surface area contributed by atoms with Crippen molar-refractivity contribution in [1.82, 2.24) is 5.32 Å². The Balaban J connectivity index is 1.75. The van der Waals surface area contributed by atoms with Crippen LogP contribution in [0.3, 0.4) is 0 Å². The molecule has 3 atom stereocenters. The molecule has 3 heteroatoms. The molecule has 0 aromatic heterocycles. The lowest BCUT2D eigenvalue weighted by atomic mass is 10.0. The maximum absolute atomic E-state index is 9.77. The zero-order valence-electron chi connectivity index (χ0n) is 11.9. The molecule has 2 N–H and O–H groups in total. The largest absolute Gasteiger partial charge is 0.497 e. The van der Waals surface area contributed by atoms with Crippen LogP contribution in [0.25, 0.3) is 0 Å². The van der Waals surface area contributed by atoms with Crippen molar-refractivity contribution in [2.45, 2.75) is 38.2 Å². The molecule has 0 heterocycles. The molecule has 0 saturated heterocycles. The molecule has 0 unspecified atom stereocenters. The van der Waals surface area contributed by atoms with Gasteiger partial charge in [0.15, 0.2) is 0 Å². The zero-order valence-corrected chi connectivity index (χ0v) is 11.9. The standard InChI is InChI=1S/C16H25NO2/c1-12(13-6-8-15(19-2)9-7-13)10-17-11-14-4-3-5-16(14)18/h6-9,12,14,16-18H,3-5,10-11H2,1-2H3/t12-,14+,16+/m1/s1. The highest BCUT2D eigenvalue weighted by molar-refractivity contribution is 5.29. The van der Waals surface area contributed by atoms with E-state index in [-0.39, 0.29) is 6.10 Å². The lowest BCUT2D eigenvalue weighted by molar-refractivity contribution is 0.131. The molecule has 0 aliphatic heterocycles. The van der Waals surface area contributed by atoms with Crippen molar-refractivity contribution in [3.8, 4) is 5.75 Å². The van der Waals surface area contributed by atoms with Crippen molar-refractivity contribution in [3.05, 3.63) is 29.8 Å². The van der Waals surface area contributed by atoms with Crippen LogP contribution in [0.4, 0.5) is 0 Å². The molecule has 1 aromatic carbocycles. The summed E-state index contributed by atoms with van der Waals surface area (Å²) in [4.78, 5) is 0. The van der Waals surface area contributed by atoms with Crippen LogP contribution in [0.15, 0.2) is 24.3 Å². The third kappa shape index (κ3) is 3.95. The first-order chi connectivity index (χ1) is 9.20. The highest BCUT2D eigenvalue weighted by Crippen LogP contribution is 2.25. The fourth-order valence-corrected chi connectivity index (χ4v) is 2.79. The van der Waals surface area contributed by atoms with E-state index in [0.717, 1.165) is 31.7 Å². The first kappa shape index (κ1) is 14.4. The van der Waals surface area contributed by atoms with E-state index in [1.54, 1.807) is 7.11 Å². The first-order valence-electron chi connectivity index (χ1n) is 7.23. The van der Waals surface area contributed by atoms with Crippen molar-refractivity contribution in [3.63, 3.8) is 0 Å². The summed E-state index contributed by atoms with van der Waals surface area (Å²) in [5, 5.41) is 13.3. The highest BCUT2D eigenvalue weighted by atomic mass is 16.5. The van der Waals surface area contributed by atoms with Crippen LogP contribution in [0.2, 0.25) is 0 Å². The number of hydrogen-bond donors (Lipinski definition) is 2. The lowest BCUT2D eigenvalue weighted by Gasteiger charge is -2.18. The average molecular weight is 263 g/mol. The summed E-state index contributed by atoms with van der Waals surface area (Å²) >= 11 is 0. The van der Waals surface area contributed by atoms with Gasteiger partial charge in [0.1, 0.15) is 5.75 Å². The van der Waals surface area contributed by atoms with E-state index < -0.39 is 0 Å². The van der Waals surface area contributed by atoms with Crippen molar-refractivity contribution in [2.75, 3.05) is 20.2 Å². The van der Waals surface area contributed by atoms with E-state index >= 15 is 0 Å². The Hall–Kier alpha value is -1.06. The number of methoxy groups -OCH3 is 1. The SMILES string of the molecule is COc1ccc([C@H](C)CNC[C@@H]2CCC[C@@H]2O)cc1. The highest BCUT2D eigenvalue weighted by Gasteiger charge is 2.24. The smallest absolute Gasteiger partial charge is 0.118 e. The second-order valence-electron chi connectivity index (χ2n) is 5.59. The zero-order chi connectivity index (χ0) is 13.7. The van der Waals surface area contributed by atoms with E-state index in [0.29, 0.717) is 11.8 Å². The van der Waals surface area contributed by atoms with E-state index in [9.17, 15) is 5.11 Å². The summed E-state index contributed by atoms with van der Waals surface area (Å²) in [6, 6.07) is 8.25. The number of benzene rings is 1. The Kier molecular flexibility index (Phi) is 5.23. The van der Waals surface area contributed by atoms with Crippen LogP contribution in [-0.2, 0) is 0 Å². The van der Waals surface area contributed by atoms with Crippen LogP contribution in [0, 0.1) is 5.92 Å². The number of aliphatic hydroxyl groups is 1. The number of rotatable bonds is 6. The summed E-state index contributed by atoms with van der Waals surface area (Å²) in [7, 11) is 1.69. The topological polar surface area (TPSA) is 41.5 Å². The first-order valence-corrected chi connectivity index (χ1v) is 7.23. The van der Waals surface area contributed by atoms with E-state index in [2.05, 4.69) is 24.4 Å². The molecule has 0 spiro atoms. The lowest BCUT2D eigenvalue weighted by Crippen LogP contribution is -2.30. The van der Waals surface area contributed by atoms with Crippen LogP contribution >= 0.6 is 0 Å². The van der Waals surface area contributed by atoms with Crippen molar-refractivity contribution >= 4 is 0 Å². The average Bonchev–Trinajstić information content (AvgIpc) is 2.84. The minimum absolute atomic E-state index is 0.0937. The molecule has 106 valence electrons. The minimum Gasteiger partial charge on any atom is -0.497 e. The van der Waals surface area contributed by atoms with Gasteiger partial charge in [0.2, 0.25) is 0 Å². The number of ether oxygens (including phenoxy) is 1. The Morgan fingerprint density at radius 3 is 2.63 bits per heavy atom. The molecule has 0 amide bonds. The van der Waals surface area contributed by atoms with Gasteiger partial charge in [-0.05, 0) is 42.4 Å². The monoisotopic (exact) mass is 263 g/mol. The number of aliphatic hydroxyl groups excluding tert-OH is 1. The van der Waals surface area contributed by atoms with E-state index in [4.69, 9.17) is 4.74 Å². The van der Waals surface area contributed by atoms with Gasteiger partial charge in [0, 0.05) is 13.1 Å². The Labute approximate surface area is 116 Å². The molecule has 19 heavy (non-hydrogen) atoms. The molecule has 1 aromatic rings. The second kappa shape index (κ2) is 6.92. The molecule has 1 saturated carbocycles. The van der Waals surface area contributed by atoms with Gasteiger partial charge in [-0.2, -0.15) is 0 Å². The van der Waals surface area contributed by atoms with Crippen LogP contribution in [0.5, 0.6) is 5.75 Å². The van der Waals surface area contributed by atoms with Crippen LogP contribution in [-0.4, -0.2) is 31.4 Å². The predicted molar refractivity (Wildman–Crippen MR) is 77.6 cm³/mol. The quantitative estimate of drug-likeness (QED) is 0.829. The van der Waals surface area contributed by atoms with Gasteiger partial charge < -0.3 is 15.2 Å². The van der Waals surface area contributed by atoms with Gasteiger partial charge in [-0.25, -0.2) is 0 Å². The maximum Gasteiger partial charge on any atom is 0.118 e. The van der Waals surface area contributed by atoms with Crippen molar-refractivity contribution in [1.29, 1.82) is 0 Å². The Morgan fingerprint density at radius 2 is 2.05 bits per heavy atom.